The maximum atomic E-state index is 13.1. The highest BCUT2D eigenvalue weighted by molar-refractivity contribution is 5.96. The Morgan fingerprint density at radius 3 is 2.03 bits per heavy atom. The maximum Gasteiger partial charge on any atom is 0.335 e. The third kappa shape index (κ3) is 9.42. The van der Waals surface area contributed by atoms with E-state index < -0.39 is 54.5 Å². The lowest BCUT2D eigenvalue weighted by molar-refractivity contribution is -0.158. The van der Waals surface area contributed by atoms with Crippen LogP contribution in [0.4, 0.5) is 0 Å². The first-order chi connectivity index (χ1) is 15.5. The molecule has 13 nitrogen and oxygen atoms in total. The molecule has 13 heteroatoms. The fourth-order valence-corrected chi connectivity index (χ4v) is 3.55. The molecule has 2 amide bonds. The van der Waals surface area contributed by atoms with E-state index in [4.69, 9.17) is 15.9 Å². The Hall–Kier alpha value is -2.61. The van der Waals surface area contributed by atoms with Gasteiger partial charge in [-0.25, -0.2) is 4.79 Å². The number of carbonyl (C=O) groups excluding carboxylic acids is 3. The summed E-state index contributed by atoms with van der Waals surface area (Å²) in [5.74, 6) is -6.19. The number of nitrogens with zero attached hydrogens (tertiary/aromatic N) is 1. The number of carboxylic acids is 2. The second-order valence-corrected chi connectivity index (χ2v) is 8.21. The summed E-state index contributed by atoms with van der Waals surface area (Å²) in [6, 6.07) is -2.62. The van der Waals surface area contributed by atoms with Crippen LogP contribution in [0.15, 0.2) is 0 Å². The predicted molar refractivity (Wildman–Crippen MR) is 114 cm³/mol. The van der Waals surface area contributed by atoms with Crippen molar-refractivity contribution < 1.29 is 44.4 Å². The first kappa shape index (κ1) is 28.4. The van der Waals surface area contributed by atoms with E-state index in [2.05, 4.69) is 10.2 Å². The van der Waals surface area contributed by atoms with Crippen molar-refractivity contribution in [3.05, 3.63) is 0 Å². The van der Waals surface area contributed by atoms with E-state index in [0.717, 1.165) is 13.1 Å². The molecule has 0 bridgehead atoms. The molecule has 1 rings (SSSR count). The number of unbranched alkanes of at least 4 members (excludes halogenated alkanes) is 1. The van der Waals surface area contributed by atoms with Crippen LogP contribution in [-0.4, -0.2) is 106 Å². The molecule has 1 fully saturated rings. The molecular weight excluding hydrogens is 440 g/mol. The molecule has 8 N–H and O–H groups in total. The third-order valence-electron chi connectivity index (χ3n) is 5.56. The van der Waals surface area contributed by atoms with Crippen LogP contribution in [0.2, 0.25) is 0 Å². The largest absolute Gasteiger partial charge is 0.481 e. The predicted octanol–water partition coefficient (Wildman–Crippen LogP) is -2.72. The van der Waals surface area contributed by atoms with E-state index >= 15 is 0 Å². The topological polar surface area (TPSA) is 220 Å². The van der Waals surface area contributed by atoms with Crippen molar-refractivity contribution in [2.45, 2.75) is 62.8 Å². The molecule has 2 unspecified atom stereocenters. The summed E-state index contributed by atoms with van der Waals surface area (Å²) in [7, 11) is 1.94. The van der Waals surface area contributed by atoms with Crippen molar-refractivity contribution in [3.8, 4) is 0 Å². The van der Waals surface area contributed by atoms with Crippen LogP contribution in [0.1, 0.15) is 38.5 Å². The summed E-state index contributed by atoms with van der Waals surface area (Å²) >= 11 is 0. The van der Waals surface area contributed by atoms with Gasteiger partial charge in [0.05, 0.1) is 12.5 Å². The van der Waals surface area contributed by atoms with Gasteiger partial charge in [0, 0.05) is 5.92 Å². The van der Waals surface area contributed by atoms with Gasteiger partial charge in [0.1, 0.15) is 6.04 Å². The highest BCUT2D eigenvalue weighted by Gasteiger charge is 2.35. The van der Waals surface area contributed by atoms with Crippen molar-refractivity contribution in [2.75, 3.05) is 26.7 Å². The van der Waals surface area contributed by atoms with Crippen LogP contribution < -0.4 is 16.4 Å². The fraction of sp³-hybridized carbons (Fsp3) is 0.750. The lowest BCUT2D eigenvalue weighted by Gasteiger charge is -2.31. The maximum absolute atomic E-state index is 13.1. The number of rotatable bonds is 14. The van der Waals surface area contributed by atoms with Gasteiger partial charge < -0.3 is 41.7 Å². The van der Waals surface area contributed by atoms with Gasteiger partial charge in [0.15, 0.2) is 18.0 Å². The summed E-state index contributed by atoms with van der Waals surface area (Å²) in [6.45, 7) is 1.84. The summed E-state index contributed by atoms with van der Waals surface area (Å²) in [5.41, 5.74) is 5.51. The molecule has 0 spiro atoms. The van der Waals surface area contributed by atoms with Crippen molar-refractivity contribution >= 4 is 29.5 Å². The Labute approximate surface area is 191 Å². The van der Waals surface area contributed by atoms with Crippen molar-refractivity contribution in [2.24, 2.45) is 11.7 Å². The van der Waals surface area contributed by atoms with Gasteiger partial charge in [0.25, 0.3) is 5.91 Å². The summed E-state index contributed by atoms with van der Waals surface area (Å²) in [5, 5.41) is 41.2. The standard InChI is InChI=1S/C20H34N4O9/c1-24-8-5-11(6-9-24)15(27)12(4-2-3-7-21)22-18(30)13(10-14(25)26)23-19(31)16(28)17(29)20(32)33/h11-13,16-17,28-29H,2-10,21H2,1H3,(H,22,30)(H,23,31)(H,25,26)(H,32,33)/t12-,13-,16?,17?/m0/s1. The van der Waals surface area contributed by atoms with E-state index in [9.17, 15) is 34.2 Å². The summed E-state index contributed by atoms with van der Waals surface area (Å²) < 4.78 is 0. The molecule has 0 aromatic heterocycles. The van der Waals surface area contributed by atoms with Gasteiger partial charge in [-0.05, 0) is 58.8 Å². The molecule has 0 aromatic rings. The van der Waals surface area contributed by atoms with Gasteiger partial charge in [-0.3, -0.25) is 19.2 Å². The summed E-state index contributed by atoms with van der Waals surface area (Å²) in [4.78, 5) is 61.9. The number of nitrogens with one attached hydrogen (secondary N) is 2. The van der Waals surface area contributed by atoms with Gasteiger partial charge in [0.2, 0.25) is 5.91 Å². The van der Waals surface area contributed by atoms with Crippen molar-refractivity contribution in [1.82, 2.24) is 15.5 Å². The number of carboxylic acid groups (broad SMARTS) is 2. The van der Waals surface area contributed by atoms with Gasteiger partial charge in [-0.15, -0.1) is 0 Å². The molecule has 1 heterocycles. The number of nitrogens with two attached hydrogens (primary N) is 1. The van der Waals surface area contributed by atoms with E-state index in [0.29, 0.717) is 32.2 Å². The number of hydrogen-bond acceptors (Lipinski definition) is 9. The molecule has 1 saturated heterocycles. The van der Waals surface area contributed by atoms with Gasteiger partial charge in [-0.2, -0.15) is 0 Å². The Balaban J connectivity index is 2.94. The van der Waals surface area contributed by atoms with E-state index in [1.807, 2.05) is 12.4 Å². The van der Waals surface area contributed by atoms with E-state index in [1.54, 1.807) is 0 Å². The lowest BCUT2D eigenvalue weighted by atomic mass is 9.87. The van der Waals surface area contributed by atoms with Crippen LogP contribution in [0, 0.1) is 5.92 Å². The number of ketones is 1. The van der Waals surface area contributed by atoms with Crippen LogP contribution in [-0.2, 0) is 24.0 Å². The summed E-state index contributed by atoms with van der Waals surface area (Å²) in [6.07, 6.45) is -3.10. The van der Waals surface area contributed by atoms with Crippen LogP contribution >= 0.6 is 0 Å². The average molecular weight is 475 g/mol. The average Bonchev–Trinajstić information content (AvgIpc) is 2.76. The number of amides is 2. The number of carbonyl (C=O) groups is 5. The van der Waals surface area contributed by atoms with Gasteiger partial charge in [-0.1, -0.05) is 0 Å². The second-order valence-electron chi connectivity index (χ2n) is 8.21. The molecule has 0 radical (unpaired) electrons. The Morgan fingerprint density at radius 2 is 1.52 bits per heavy atom. The smallest absolute Gasteiger partial charge is 0.335 e. The van der Waals surface area contributed by atoms with Gasteiger partial charge >= 0.3 is 11.9 Å². The van der Waals surface area contributed by atoms with Crippen molar-refractivity contribution in [1.29, 1.82) is 0 Å². The quantitative estimate of drug-likeness (QED) is 0.128. The minimum Gasteiger partial charge on any atom is -0.481 e. The van der Waals surface area contributed by atoms with E-state index in [1.165, 1.54) is 0 Å². The molecule has 188 valence electrons. The van der Waals surface area contributed by atoms with Crippen LogP contribution in [0.3, 0.4) is 0 Å². The second kappa shape index (κ2) is 13.8. The number of aliphatic hydroxyl groups excluding tert-OH is 2. The molecular formula is C20H34N4O9. The first-order valence-corrected chi connectivity index (χ1v) is 10.8. The number of aliphatic carboxylic acids is 2. The highest BCUT2D eigenvalue weighted by Crippen LogP contribution is 2.20. The zero-order valence-corrected chi connectivity index (χ0v) is 18.6. The zero-order valence-electron chi connectivity index (χ0n) is 18.6. The molecule has 0 aromatic carbocycles. The lowest BCUT2D eigenvalue weighted by Crippen LogP contribution is -2.56. The molecule has 4 atom stereocenters. The Morgan fingerprint density at radius 1 is 0.939 bits per heavy atom. The normalized spacial score (nSPS) is 18.5. The molecule has 1 aliphatic heterocycles. The minimum absolute atomic E-state index is 0.185. The number of piperidine rings is 1. The molecule has 1 aliphatic rings. The Bertz CT molecular complexity index is 710. The molecule has 33 heavy (non-hydrogen) atoms. The first-order valence-electron chi connectivity index (χ1n) is 10.8. The van der Waals surface area contributed by atoms with E-state index in [-0.39, 0.29) is 18.1 Å². The highest BCUT2D eigenvalue weighted by atomic mass is 16.4. The third-order valence-corrected chi connectivity index (χ3v) is 5.56. The number of aliphatic hydroxyl groups is 2. The number of Topliss-reactive ketones (excluding diaryl/α,β-unsaturated/α-hetero) is 1. The fourth-order valence-electron chi connectivity index (χ4n) is 3.55. The van der Waals surface area contributed by atoms with Crippen LogP contribution in [0.5, 0.6) is 0 Å². The zero-order chi connectivity index (χ0) is 25.1. The minimum atomic E-state index is -2.46. The molecule has 0 saturated carbocycles. The monoisotopic (exact) mass is 474 g/mol. The van der Waals surface area contributed by atoms with Crippen LogP contribution in [0.25, 0.3) is 0 Å². The Kier molecular flexibility index (Phi) is 11.9. The SMILES string of the molecule is CN1CCC(C(=O)[C@H](CCCCN)NC(=O)[C@H](CC(=O)O)NC(=O)C(O)C(O)C(=O)O)CC1. The number of hydrogen-bond donors (Lipinski definition) is 7. The molecule has 0 aliphatic carbocycles. The number of likely N-dealkylation sites (tertiary alicyclic amines) is 1. The van der Waals surface area contributed by atoms with Crippen molar-refractivity contribution in [3.63, 3.8) is 0 Å².